The molecule has 0 N–H and O–H groups in total. The molecule has 2 aromatic rings. The molecule has 0 aliphatic heterocycles. The highest BCUT2D eigenvalue weighted by Gasteiger charge is 2.47. The highest BCUT2D eigenvalue weighted by atomic mass is 32.2. The van der Waals surface area contributed by atoms with Gasteiger partial charge in [0, 0.05) is 0 Å². The van der Waals surface area contributed by atoms with Gasteiger partial charge in [0.1, 0.15) is 0 Å². The Morgan fingerprint density at radius 1 is 0.850 bits per heavy atom. The Labute approximate surface area is 116 Å². The molecule has 0 radical (unpaired) electrons. The largest absolute Gasteiger partial charge is 0.501 e. The van der Waals surface area contributed by atoms with Crippen molar-refractivity contribution in [1.29, 1.82) is 0 Å². The molecule has 0 aromatic heterocycles. The lowest BCUT2D eigenvalue weighted by molar-refractivity contribution is -0.0435. The average Bonchev–Trinajstić information content (AvgIpc) is 2.39. The molecule has 0 amide bonds. The van der Waals surface area contributed by atoms with E-state index in [0.29, 0.717) is 0 Å². The molecule has 0 bridgehead atoms. The fraction of sp³-hybridized carbons (Fsp3) is 0.0769. The Hall–Kier alpha value is -1.39. The maximum Gasteiger partial charge on any atom is 0.501 e. The Bertz CT molecular complexity index is 697. The fourth-order valence-electron chi connectivity index (χ4n) is 1.61. The van der Waals surface area contributed by atoms with Gasteiger partial charge in [0.15, 0.2) is 0 Å². The SMILES string of the molecule is O=S(=O)(c1ccccc1Pc1ccccc1)C(F)(F)F. The molecular weight excluding hydrogens is 308 g/mol. The summed E-state index contributed by atoms with van der Waals surface area (Å²) in [7, 11) is -5.47. The number of rotatable bonds is 3. The van der Waals surface area contributed by atoms with E-state index in [9.17, 15) is 21.6 Å². The zero-order valence-electron chi connectivity index (χ0n) is 10.1. The first-order valence-corrected chi connectivity index (χ1v) is 8.03. The summed E-state index contributed by atoms with van der Waals surface area (Å²) in [6.45, 7) is 0. The van der Waals surface area contributed by atoms with Gasteiger partial charge in [-0.25, -0.2) is 8.42 Å². The van der Waals surface area contributed by atoms with Crippen LogP contribution >= 0.6 is 8.58 Å². The lowest BCUT2D eigenvalue weighted by Gasteiger charge is -2.12. The smallest absolute Gasteiger partial charge is 0.214 e. The minimum absolute atomic E-state index is 0.151. The molecule has 0 saturated heterocycles. The summed E-state index contributed by atoms with van der Waals surface area (Å²) in [5, 5.41) is 0.938. The monoisotopic (exact) mass is 318 g/mol. The molecule has 0 aliphatic carbocycles. The third-order valence-corrected chi connectivity index (χ3v) is 5.59. The molecule has 0 saturated carbocycles. The van der Waals surface area contributed by atoms with Gasteiger partial charge in [0.05, 0.1) is 4.90 Å². The first kappa shape index (κ1) is 15.0. The molecule has 0 aliphatic rings. The van der Waals surface area contributed by atoms with Crippen LogP contribution in [0, 0.1) is 0 Å². The summed E-state index contributed by atoms with van der Waals surface area (Å²) in [5.74, 6) is 0. The van der Waals surface area contributed by atoms with E-state index in [1.54, 1.807) is 30.3 Å². The molecule has 0 heterocycles. The van der Waals surface area contributed by atoms with Crippen LogP contribution in [0.5, 0.6) is 0 Å². The van der Waals surface area contributed by atoms with E-state index >= 15 is 0 Å². The van der Waals surface area contributed by atoms with E-state index in [0.717, 1.165) is 11.4 Å². The second-order valence-electron chi connectivity index (χ2n) is 3.94. The number of benzene rings is 2. The summed E-state index contributed by atoms with van der Waals surface area (Å²) in [5.41, 5.74) is -5.29. The number of sulfone groups is 1. The normalized spacial score (nSPS) is 12.9. The van der Waals surface area contributed by atoms with Crippen molar-refractivity contribution in [1.82, 2.24) is 0 Å². The highest BCUT2D eigenvalue weighted by Crippen LogP contribution is 2.31. The quantitative estimate of drug-likeness (QED) is 0.815. The van der Waals surface area contributed by atoms with E-state index in [4.69, 9.17) is 0 Å². The van der Waals surface area contributed by atoms with Gasteiger partial charge in [-0.3, -0.25) is 0 Å². The van der Waals surface area contributed by atoms with E-state index in [1.165, 1.54) is 18.2 Å². The van der Waals surface area contributed by atoms with Crippen LogP contribution in [0.3, 0.4) is 0 Å². The molecule has 1 atom stereocenters. The van der Waals surface area contributed by atoms with Gasteiger partial charge in [-0.2, -0.15) is 13.2 Å². The lowest BCUT2D eigenvalue weighted by atomic mass is 10.4. The van der Waals surface area contributed by atoms with Crippen LogP contribution in [0.2, 0.25) is 0 Å². The van der Waals surface area contributed by atoms with Gasteiger partial charge < -0.3 is 0 Å². The van der Waals surface area contributed by atoms with E-state index in [1.807, 2.05) is 0 Å². The summed E-state index contributed by atoms with van der Waals surface area (Å²) in [4.78, 5) is -0.672. The summed E-state index contributed by atoms with van der Waals surface area (Å²) in [6.07, 6.45) is 0. The van der Waals surface area contributed by atoms with E-state index in [2.05, 4.69) is 0 Å². The van der Waals surface area contributed by atoms with Crippen LogP contribution in [0.25, 0.3) is 0 Å². The molecular formula is C13H10F3O2PS. The van der Waals surface area contributed by atoms with E-state index < -0.39 is 20.2 Å². The summed E-state index contributed by atoms with van der Waals surface area (Å²) in [6, 6.07) is 14.0. The van der Waals surface area contributed by atoms with Crippen molar-refractivity contribution < 1.29 is 21.6 Å². The molecule has 106 valence electrons. The van der Waals surface area contributed by atoms with Crippen LogP contribution in [0.15, 0.2) is 59.5 Å². The molecule has 0 spiro atoms. The van der Waals surface area contributed by atoms with Crippen LogP contribution in [0.1, 0.15) is 0 Å². The summed E-state index contributed by atoms with van der Waals surface area (Å²) >= 11 is 0. The zero-order chi connectivity index (χ0) is 14.8. The molecule has 1 unspecified atom stereocenters. The number of hydrogen-bond donors (Lipinski definition) is 0. The number of alkyl halides is 3. The lowest BCUT2D eigenvalue weighted by Crippen LogP contribution is -2.27. The molecule has 2 aromatic carbocycles. The molecule has 7 heteroatoms. The zero-order valence-corrected chi connectivity index (χ0v) is 11.9. The Morgan fingerprint density at radius 2 is 1.40 bits per heavy atom. The van der Waals surface area contributed by atoms with Gasteiger partial charge in [-0.1, -0.05) is 57.1 Å². The molecule has 0 fully saturated rings. The Morgan fingerprint density at radius 3 is 2.00 bits per heavy atom. The second kappa shape index (κ2) is 5.54. The van der Waals surface area contributed by atoms with Gasteiger partial charge in [-0.15, -0.1) is 0 Å². The van der Waals surface area contributed by atoms with Crippen LogP contribution in [-0.4, -0.2) is 13.9 Å². The number of halogens is 3. The predicted molar refractivity (Wildman–Crippen MR) is 73.7 cm³/mol. The maximum absolute atomic E-state index is 12.7. The van der Waals surface area contributed by atoms with Gasteiger partial charge in [0.2, 0.25) is 0 Å². The van der Waals surface area contributed by atoms with Crippen molar-refractivity contribution in [3.05, 3.63) is 54.6 Å². The van der Waals surface area contributed by atoms with Crippen molar-refractivity contribution >= 4 is 29.0 Å². The third-order valence-electron chi connectivity index (χ3n) is 2.53. The van der Waals surface area contributed by atoms with Crippen molar-refractivity contribution in [2.75, 3.05) is 0 Å². The van der Waals surface area contributed by atoms with Crippen LogP contribution in [0.4, 0.5) is 13.2 Å². The first-order chi connectivity index (χ1) is 9.32. The average molecular weight is 318 g/mol. The highest BCUT2D eigenvalue weighted by molar-refractivity contribution is 7.92. The van der Waals surface area contributed by atoms with Crippen molar-refractivity contribution in [3.63, 3.8) is 0 Å². The van der Waals surface area contributed by atoms with Gasteiger partial charge >= 0.3 is 5.51 Å². The minimum Gasteiger partial charge on any atom is -0.214 e. The molecule has 20 heavy (non-hydrogen) atoms. The second-order valence-corrected chi connectivity index (χ2v) is 7.21. The Kier molecular flexibility index (Phi) is 4.16. The maximum atomic E-state index is 12.7. The van der Waals surface area contributed by atoms with E-state index in [-0.39, 0.29) is 13.9 Å². The fourth-order valence-corrected chi connectivity index (χ4v) is 4.08. The molecule has 2 rings (SSSR count). The van der Waals surface area contributed by atoms with Crippen LogP contribution < -0.4 is 10.6 Å². The topological polar surface area (TPSA) is 34.1 Å². The Balaban J connectivity index is 2.47. The summed E-state index contributed by atoms with van der Waals surface area (Å²) < 4.78 is 61.0. The predicted octanol–water partition coefficient (Wildman–Crippen LogP) is 2.61. The molecule has 2 nitrogen and oxygen atoms in total. The third kappa shape index (κ3) is 3.02. The van der Waals surface area contributed by atoms with Crippen molar-refractivity contribution in [2.45, 2.75) is 10.4 Å². The van der Waals surface area contributed by atoms with Gasteiger partial charge in [-0.05, 0) is 16.7 Å². The first-order valence-electron chi connectivity index (χ1n) is 5.55. The minimum atomic E-state index is -5.32. The number of hydrogen-bond acceptors (Lipinski definition) is 2. The van der Waals surface area contributed by atoms with Gasteiger partial charge in [0.25, 0.3) is 9.84 Å². The standard InChI is InChI=1S/C13H10F3O2PS/c14-13(15,16)20(17,18)12-9-5-4-8-11(12)19-10-6-2-1-3-7-10/h1-9,19H. The van der Waals surface area contributed by atoms with Crippen molar-refractivity contribution in [2.24, 2.45) is 0 Å². The van der Waals surface area contributed by atoms with Crippen molar-refractivity contribution in [3.8, 4) is 0 Å². The van der Waals surface area contributed by atoms with Crippen LogP contribution in [-0.2, 0) is 9.84 Å².